The Bertz CT molecular complexity index is 110. The van der Waals surface area contributed by atoms with Gasteiger partial charge in [0.05, 0.1) is 0 Å². The van der Waals surface area contributed by atoms with Gasteiger partial charge >= 0.3 is 0 Å². The van der Waals surface area contributed by atoms with Crippen LogP contribution in [-0.4, -0.2) is 8.42 Å². The summed E-state index contributed by atoms with van der Waals surface area (Å²) in [6.07, 6.45) is 0. The third kappa shape index (κ3) is 36.8. The zero-order chi connectivity index (χ0) is 5.21. The van der Waals surface area contributed by atoms with E-state index in [0.29, 0.717) is 0 Å². The van der Waals surface area contributed by atoms with Gasteiger partial charge in [0.15, 0.2) is 7.09 Å². The Morgan fingerprint density at radius 2 is 2.20 bits per heavy atom. The quantitative estimate of drug-likeness (QED) is 0.305. The van der Waals surface area contributed by atoms with Gasteiger partial charge in [0.1, 0.15) is 0 Å². The molecule has 0 spiro atoms. The van der Waals surface area contributed by atoms with Crippen LogP contribution in [0.5, 0.6) is 0 Å². The van der Waals surface area contributed by atoms with E-state index in [4.69, 9.17) is 1.34 Å². The average molecular weight is 143 g/mol. The molecule has 0 saturated heterocycles. The Balaban J connectivity index is 3.85. The molecule has 0 aliphatic rings. The first kappa shape index (κ1) is 4.37. The van der Waals surface area contributed by atoms with Crippen LogP contribution in [-0.2, 0) is 28.4 Å². The van der Waals surface area contributed by atoms with Crippen molar-refractivity contribution in [1.29, 1.82) is 1.34 Å². The van der Waals surface area contributed by atoms with Crippen molar-refractivity contribution in [3.05, 3.63) is 0 Å². The molecule has 0 nitrogen and oxygen atoms in total. The highest BCUT2D eigenvalue weighted by atomic mass is 33.5. The van der Waals surface area contributed by atoms with Crippen LogP contribution in [0.4, 0.5) is 0 Å². The molecular formula is H2BS4. The fourth-order valence-corrected chi connectivity index (χ4v) is 0. The molecule has 0 fully saturated rings. The molecule has 0 aromatic carbocycles. The summed E-state index contributed by atoms with van der Waals surface area (Å²) in [5, 5.41) is 0. The highest BCUT2D eigenvalue weighted by molar-refractivity contribution is 9.00. The van der Waals surface area contributed by atoms with E-state index in [1.807, 2.05) is 0 Å². The Morgan fingerprint density at radius 1 is 2.00 bits per heavy atom. The van der Waals surface area contributed by atoms with Gasteiger partial charge in [-0.25, -0.2) is 0 Å². The summed E-state index contributed by atoms with van der Waals surface area (Å²) in [4.78, 5) is 0. The molecule has 0 aromatic heterocycles. The molecule has 0 aromatic rings. The summed E-state index contributed by atoms with van der Waals surface area (Å²) >= 11 is 12.7. The van der Waals surface area contributed by atoms with E-state index in [2.05, 4.69) is 34.0 Å². The summed E-state index contributed by atoms with van der Waals surface area (Å²) in [6, 6.07) is -1.76. The van der Waals surface area contributed by atoms with Crippen LogP contribution in [0.25, 0.3) is 0 Å². The highest BCUT2D eigenvalue weighted by Gasteiger charge is 1.70. The Kier molecular flexibility index (Phi) is 1.55. The molecule has 5 heavy (non-hydrogen) atoms. The number of rotatable bonds is 1. The van der Waals surface area contributed by atoms with E-state index in [0.717, 1.165) is 7.09 Å². The Morgan fingerprint density at radius 3 is 2.20 bits per heavy atom. The first-order valence-corrected chi connectivity index (χ1v) is 5.35. The van der Waals surface area contributed by atoms with Gasteiger partial charge < -0.3 is 0 Å². The molecule has 1 radical (unpaired) electrons. The van der Waals surface area contributed by atoms with Gasteiger partial charge in [-0.15, -0.1) is 11.7 Å². The summed E-state index contributed by atoms with van der Waals surface area (Å²) in [5.74, 6) is 0. The second-order valence-corrected chi connectivity index (χ2v) is 8.54. The van der Waals surface area contributed by atoms with Gasteiger partial charge in [0.2, 0.25) is 0 Å². The zero-order valence-electron chi connectivity index (χ0n) is 3.25. The molecule has 0 aliphatic heterocycles. The summed E-state index contributed by atoms with van der Waals surface area (Å²) in [6.45, 7) is 0. The lowest BCUT2D eigenvalue weighted by Crippen LogP contribution is -1.73. The standard InChI is InChI=1S/BH2S4/c1-5(2,3)4/h1H,(H,2,3,4)/i1T. The largest absolute Gasteiger partial charge is 0.198 e. The molecule has 0 amide bonds. The topological polar surface area (TPSA) is 0 Å². The Hall–Kier alpha value is 1.20. The van der Waals surface area contributed by atoms with Crippen LogP contribution in [0.3, 0.4) is 0 Å². The maximum absolute atomic E-state index is 6.48. The smallest absolute Gasteiger partial charge is 0.115 e. The maximum Gasteiger partial charge on any atom is 0.198 e. The second kappa shape index (κ2) is 1.77. The van der Waals surface area contributed by atoms with Crippen LogP contribution in [0.1, 0.15) is 0 Å². The SMILES string of the molecule is [3H][B]S(=S)(=S)S. The minimum absolute atomic E-state index is 1.01. The van der Waals surface area contributed by atoms with Crippen LogP contribution in [0.2, 0.25) is 0 Å². The van der Waals surface area contributed by atoms with E-state index in [9.17, 15) is 0 Å². The van der Waals surface area contributed by atoms with E-state index >= 15 is 0 Å². The van der Waals surface area contributed by atoms with Crippen molar-refractivity contribution in [2.75, 3.05) is 0 Å². The third-order valence-electron chi connectivity index (χ3n) is 0. The third-order valence-corrected chi connectivity index (χ3v) is 0. The molecule has 0 N–H and O–H groups in total. The molecule has 0 aliphatic carbocycles. The van der Waals surface area contributed by atoms with Crippen molar-refractivity contribution in [3.63, 3.8) is 0 Å². The molecule has 5 heteroatoms. The first-order chi connectivity index (χ1) is 2.56. The van der Waals surface area contributed by atoms with E-state index in [1.165, 1.54) is 0 Å². The zero-order valence-corrected chi connectivity index (χ0v) is 5.59. The summed E-state index contributed by atoms with van der Waals surface area (Å²) in [5.41, 5.74) is 0. The van der Waals surface area contributed by atoms with Crippen molar-refractivity contribution in [1.82, 2.24) is 0 Å². The minimum Gasteiger partial charge on any atom is -0.115 e. The molecule has 0 heterocycles. The van der Waals surface area contributed by atoms with Gasteiger partial charge in [0.25, 0.3) is 0 Å². The predicted octanol–water partition coefficient (Wildman–Crippen LogP) is -0.275. The summed E-state index contributed by atoms with van der Waals surface area (Å²) in [7, 11) is 1.01. The van der Waals surface area contributed by atoms with Crippen LogP contribution < -0.4 is 0 Å². The molecule has 0 saturated carbocycles. The molecule has 0 atom stereocenters. The molecule has 0 unspecified atom stereocenters. The molecule has 0 rings (SSSR count). The lowest BCUT2D eigenvalue weighted by atomic mass is 10.8. The number of thiol groups is 1. The lowest BCUT2D eigenvalue weighted by Gasteiger charge is -1.77. The van der Waals surface area contributed by atoms with Gasteiger partial charge in [0, 0.05) is 0 Å². The van der Waals surface area contributed by atoms with Gasteiger partial charge in [-0.1, -0.05) is 6.03 Å². The predicted molar refractivity (Wildman–Crippen MR) is 38.2 cm³/mol. The second-order valence-electron chi connectivity index (χ2n) is 0.515. The van der Waals surface area contributed by atoms with Gasteiger partial charge in [-0.2, -0.15) is 0 Å². The van der Waals surface area contributed by atoms with E-state index in [1.54, 1.807) is 0 Å². The van der Waals surface area contributed by atoms with Crippen molar-refractivity contribution < 1.29 is 0 Å². The van der Waals surface area contributed by atoms with Crippen molar-refractivity contribution >= 4 is 47.2 Å². The van der Waals surface area contributed by atoms with Crippen molar-refractivity contribution in [3.8, 4) is 0 Å². The molecule has 29 valence electrons. The van der Waals surface area contributed by atoms with E-state index < -0.39 is 6.03 Å². The first-order valence-electron chi connectivity index (χ1n) is 1.33. The van der Waals surface area contributed by atoms with Crippen molar-refractivity contribution in [2.45, 2.75) is 0 Å². The van der Waals surface area contributed by atoms with Crippen LogP contribution >= 0.6 is 11.7 Å². The van der Waals surface area contributed by atoms with Crippen LogP contribution in [0.15, 0.2) is 0 Å². The average Bonchev–Trinajstić information content (AvgIpc) is 1.35. The van der Waals surface area contributed by atoms with Crippen LogP contribution in [0, 0.1) is 0 Å². The Labute approximate surface area is 48.6 Å². The molecular weight excluding hydrogens is 139 g/mol. The normalized spacial score (nSPS) is 13.4. The van der Waals surface area contributed by atoms with Gasteiger partial charge in [-0.3, -0.25) is 0 Å². The molecule has 0 bridgehead atoms. The highest BCUT2D eigenvalue weighted by Crippen LogP contribution is 1.84. The fraction of sp³-hybridized carbons (Fsp3) is 0. The van der Waals surface area contributed by atoms with E-state index in [-0.39, 0.29) is 0 Å². The monoisotopic (exact) mass is 143 g/mol. The fourth-order valence-electron chi connectivity index (χ4n) is 0. The lowest BCUT2D eigenvalue weighted by molar-refractivity contribution is 5.07. The summed E-state index contributed by atoms with van der Waals surface area (Å²) < 4.78 is 6.48. The number of hydrogen-bond acceptors (Lipinski definition) is 2. The van der Waals surface area contributed by atoms with Crippen molar-refractivity contribution in [2.24, 2.45) is 0 Å². The number of hydrogen-bond donors (Lipinski definition) is 1. The maximum atomic E-state index is 6.48. The minimum atomic E-state index is -1.76. The van der Waals surface area contributed by atoms with Gasteiger partial charge in [-0.05, 0) is 23.7 Å².